The van der Waals surface area contributed by atoms with E-state index in [1.165, 1.54) is 32.1 Å². The molecule has 0 amide bonds. The largest absolute Gasteiger partial charge is 0.190 e. The topological polar surface area (TPSA) is 24.7 Å². The molecule has 2 aliphatic carbocycles. The Balaban J connectivity index is 1.96. The van der Waals surface area contributed by atoms with Crippen LogP contribution in [0.4, 0.5) is 0 Å². The highest BCUT2D eigenvalue weighted by Crippen LogP contribution is 2.54. The fraction of sp³-hybridized carbons (Fsp3) is 1.00. The number of hydrogen-bond acceptors (Lipinski definition) is 2. The first-order valence-electron chi connectivity index (χ1n) is 4.31. The number of rotatable bonds is 1. The van der Waals surface area contributed by atoms with Crippen LogP contribution < -0.4 is 0 Å². The summed E-state index contributed by atoms with van der Waals surface area (Å²) in [5.41, 5.74) is 0.380. The van der Waals surface area contributed by atoms with Crippen molar-refractivity contribution in [2.24, 2.45) is 16.1 Å². The molecule has 2 saturated carbocycles. The fourth-order valence-corrected chi connectivity index (χ4v) is 2.49. The van der Waals surface area contributed by atoms with Crippen LogP contribution in [0, 0.1) is 5.92 Å². The molecular formula is C8H12N2. The molecule has 54 valence electrons. The van der Waals surface area contributed by atoms with E-state index < -0.39 is 0 Å². The minimum Gasteiger partial charge on any atom is -0.190 e. The summed E-state index contributed by atoms with van der Waals surface area (Å²) in [6, 6.07) is 0.626. The van der Waals surface area contributed by atoms with E-state index in [0.717, 1.165) is 5.92 Å². The van der Waals surface area contributed by atoms with Crippen molar-refractivity contribution in [3.05, 3.63) is 0 Å². The first-order chi connectivity index (χ1) is 4.89. The summed E-state index contributed by atoms with van der Waals surface area (Å²) < 4.78 is 0. The summed E-state index contributed by atoms with van der Waals surface area (Å²) in [5.74, 6) is 0.934. The maximum absolute atomic E-state index is 4.42. The van der Waals surface area contributed by atoms with Crippen molar-refractivity contribution >= 4 is 0 Å². The Morgan fingerprint density at radius 3 is 2.50 bits per heavy atom. The summed E-state index contributed by atoms with van der Waals surface area (Å²) in [7, 11) is 0. The Kier molecular flexibility index (Phi) is 0.758. The van der Waals surface area contributed by atoms with E-state index in [0.29, 0.717) is 11.6 Å². The molecule has 2 bridgehead atoms. The van der Waals surface area contributed by atoms with E-state index in [4.69, 9.17) is 0 Å². The second kappa shape index (κ2) is 1.44. The van der Waals surface area contributed by atoms with Crippen LogP contribution in [-0.4, -0.2) is 11.6 Å². The molecule has 0 unspecified atom stereocenters. The van der Waals surface area contributed by atoms with Gasteiger partial charge in [0.1, 0.15) is 0 Å². The molecule has 0 aromatic carbocycles. The van der Waals surface area contributed by atoms with Gasteiger partial charge >= 0.3 is 0 Å². The monoisotopic (exact) mass is 136 g/mol. The molecule has 0 aromatic heterocycles. The van der Waals surface area contributed by atoms with Gasteiger partial charge in [0.2, 0.25) is 0 Å². The van der Waals surface area contributed by atoms with Crippen LogP contribution in [0.1, 0.15) is 32.1 Å². The Hall–Kier alpha value is -0.400. The van der Waals surface area contributed by atoms with Crippen LogP contribution in [0.3, 0.4) is 0 Å². The van der Waals surface area contributed by atoms with Crippen LogP contribution in [0.2, 0.25) is 0 Å². The maximum atomic E-state index is 4.42. The molecule has 2 atom stereocenters. The minimum absolute atomic E-state index is 0.380. The van der Waals surface area contributed by atoms with Crippen LogP contribution in [-0.2, 0) is 0 Å². The van der Waals surface area contributed by atoms with Gasteiger partial charge in [-0.1, -0.05) is 0 Å². The number of hydrogen-bond donors (Lipinski definition) is 0. The quantitative estimate of drug-likeness (QED) is 0.527. The predicted molar refractivity (Wildman–Crippen MR) is 38.0 cm³/mol. The van der Waals surface area contributed by atoms with Crippen molar-refractivity contribution in [2.75, 3.05) is 0 Å². The smallest absolute Gasteiger partial charge is 0.0865 e. The number of nitrogens with zero attached hydrogens (tertiary/aromatic N) is 2. The summed E-state index contributed by atoms with van der Waals surface area (Å²) in [6.45, 7) is 0. The van der Waals surface area contributed by atoms with E-state index in [2.05, 4.69) is 10.2 Å². The lowest BCUT2D eigenvalue weighted by atomic mass is 9.93. The average molecular weight is 136 g/mol. The van der Waals surface area contributed by atoms with Gasteiger partial charge in [0.05, 0.1) is 11.6 Å². The van der Waals surface area contributed by atoms with Crippen molar-refractivity contribution in [3.8, 4) is 0 Å². The normalized spacial score (nSPS) is 50.6. The molecule has 0 aromatic rings. The second-order valence-electron chi connectivity index (χ2n) is 3.99. The van der Waals surface area contributed by atoms with E-state index in [1.807, 2.05) is 0 Å². The lowest BCUT2D eigenvalue weighted by Crippen LogP contribution is -2.22. The first-order valence-corrected chi connectivity index (χ1v) is 4.31. The summed E-state index contributed by atoms with van der Waals surface area (Å²) in [6.07, 6.45) is 6.79. The second-order valence-corrected chi connectivity index (χ2v) is 3.99. The van der Waals surface area contributed by atoms with E-state index in [1.54, 1.807) is 0 Å². The van der Waals surface area contributed by atoms with Crippen molar-refractivity contribution in [3.63, 3.8) is 0 Å². The van der Waals surface area contributed by atoms with Crippen molar-refractivity contribution in [2.45, 2.75) is 43.7 Å². The molecule has 2 heteroatoms. The third-order valence-corrected chi connectivity index (χ3v) is 3.26. The standard InChI is InChI=1S/C8H12N2/c1-2-6(1)8-4-3-7(5-8)9-10-8/h6-7H,1-5H2/t7-,8+/m1/s1. The highest BCUT2D eigenvalue weighted by Gasteiger charge is 2.53. The molecule has 3 rings (SSSR count). The Labute approximate surface area is 60.7 Å². The molecule has 0 N–H and O–H groups in total. The SMILES string of the molecule is C1CC1[C@]12CC[C@H](C1)N=N2. The minimum atomic E-state index is 0.380. The summed E-state index contributed by atoms with van der Waals surface area (Å²) in [5, 5.41) is 8.68. The van der Waals surface area contributed by atoms with Gasteiger partial charge in [0.25, 0.3) is 0 Å². The zero-order valence-electron chi connectivity index (χ0n) is 6.08. The van der Waals surface area contributed by atoms with Gasteiger partial charge in [-0.05, 0) is 38.0 Å². The zero-order valence-corrected chi connectivity index (χ0v) is 6.08. The first kappa shape index (κ1) is 5.28. The van der Waals surface area contributed by atoms with Gasteiger partial charge in [0, 0.05) is 0 Å². The van der Waals surface area contributed by atoms with Gasteiger partial charge in [-0.25, -0.2) is 0 Å². The molecule has 10 heavy (non-hydrogen) atoms. The maximum Gasteiger partial charge on any atom is 0.0865 e. The van der Waals surface area contributed by atoms with Crippen LogP contribution in [0.25, 0.3) is 0 Å². The van der Waals surface area contributed by atoms with Gasteiger partial charge < -0.3 is 0 Å². The highest BCUT2D eigenvalue weighted by atomic mass is 15.2. The number of fused-ring (bicyclic) bond motifs is 2. The van der Waals surface area contributed by atoms with Crippen LogP contribution in [0.5, 0.6) is 0 Å². The van der Waals surface area contributed by atoms with E-state index in [-0.39, 0.29) is 0 Å². The molecule has 0 saturated heterocycles. The lowest BCUT2D eigenvalue weighted by Gasteiger charge is -2.18. The van der Waals surface area contributed by atoms with Gasteiger partial charge in [0.15, 0.2) is 0 Å². The third-order valence-electron chi connectivity index (χ3n) is 3.26. The average Bonchev–Trinajstić information content (AvgIpc) is 2.66. The Morgan fingerprint density at radius 1 is 1.20 bits per heavy atom. The van der Waals surface area contributed by atoms with E-state index >= 15 is 0 Å². The molecule has 3 aliphatic rings. The molecule has 1 aliphatic heterocycles. The molecule has 2 fully saturated rings. The molecule has 2 nitrogen and oxygen atoms in total. The summed E-state index contributed by atoms with van der Waals surface area (Å²) >= 11 is 0. The fourth-order valence-electron chi connectivity index (χ4n) is 2.49. The van der Waals surface area contributed by atoms with Gasteiger partial charge in [-0.3, -0.25) is 0 Å². The summed E-state index contributed by atoms with van der Waals surface area (Å²) in [4.78, 5) is 0. The third kappa shape index (κ3) is 0.505. The predicted octanol–water partition coefficient (Wildman–Crippen LogP) is 2.15. The number of azo groups is 1. The molecule has 0 radical (unpaired) electrons. The van der Waals surface area contributed by atoms with Gasteiger partial charge in [-0.2, -0.15) is 10.2 Å². The van der Waals surface area contributed by atoms with Crippen molar-refractivity contribution < 1.29 is 0 Å². The van der Waals surface area contributed by atoms with Gasteiger partial charge in [-0.15, -0.1) is 0 Å². The highest BCUT2D eigenvalue weighted by molar-refractivity contribution is 5.10. The van der Waals surface area contributed by atoms with Crippen LogP contribution in [0.15, 0.2) is 10.2 Å². The molecular weight excluding hydrogens is 124 g/mol. The van der Waals surface area contributed by atoms with Crippen LogP contribution >= 0.6 is 0 Å². The zero-order chi connectivity index (χ0) is 6.60. The van der Waals surface area contributed by atoms with E-state index in [9.17, 15) is 0 Å². The Bertz CT molecular complexity index is 195. The molecule has 1 heterocycles. The Morgan fingerprint density at radius 2 is 2.10 bits per heavy atom. The molecule has 0 spiro atoms. The van der Waals surface area contributed by atoms with Crippen molar-refractivity contribution in [1.82, 2.24) is 0 Å². The van der Waals surface area contributed by atoms with Crippen molar-refractivity contribution in [1.29, 1.82) is 0 Å². The lowest BCUT2D eigenvalue weighted by molar-refractivity contribution is 0.386.